The van der Waals surface area contributed by atoms with Gasteiger partial charge in [-0.25, -0.2) is 13.2 Å². The molecule has 13 atom stereocenters. The van der Waals surface area contributed by atoms with E-state index in [1.165, 1.54) is 67.6 Å². The maximum absolute atomic E-state index is 15.0. The number of carbonyl (C=O) groups is 8. The van der Waals surface area contributed by atoms with Crippen LogP contribution in [0.15, 0.2) is 88.8 Å². The molecule has 0 unspecified atom stereocenters. The number of phenols is 1. The van der Waals surface area contributed by atoms with E-state index in [1.54, 1.807) is 7.11 Å². The number of hydrogen-bond acceptors (Lipinski definition) is 27. The molecule has 4 heterocycles. The predicted octanol–water partition coefficient (Wildman–Crippen LogP) is -5.10. The molecule has 1 aromatic heterocycles. The van der Waals surface area contributed by atoms with Crippen LogP contribution in [0.25, 0.3) is 22.8 Å². The van der Waals surface area contributed by atoms with Crippen LogP contribution in [0.1, 0.15) is 81.1 Å². The number of sulfone groups is 1. The van der Waals surface area contributed by atoms with Gasteiger partial charge >= 0.3 is 35.7 Å². The smallest absolute Gasteiger partial charge is 0.691 e. The summed E-state index contributed by atoms with van der Waals surface area (Å²) in [4.78, 5) is 121. The number of nitrogens with one attached hydrogen (secondary N) is 6. The van der Waals surface area contributed by atoms with Crippen molar-refractivity contribution in [1.82, 2.24) is 51.8 Å². The van der Waals surface area contributed by atoms with Gasteiger partial charge in [-0.15, -0.1) is 4.33 Å². The summed E-state index contributed by atoms with van der Waals surface area (Å²) in [6, 6.07) is 3.19. The van der Waals surface area contributed by atoms with Gasteiger partial charge < -0.3 is 101 Å². The molecule has 536 valence electrons. The van der Waals surface area contributed by atoms with E-state index in [9.17, 15) is 87.8 Å². The van der Waals surface area contributed by atoms with E-state index in [0.29, 0.717) is 24.2 Å². The molecule has 34 nitrogen and oxygen atoms in total. The number of benzene rings is 3. The van der Waals surface area contributed by atoms with Crippen LogP contribution in [0.3, 0.4) is 0 Å². The summed E-state index contributed by atoms with van der Waals surface area (Å²) in [5.74, 6) is -10.0. The Morgan fingerprint density at radius 1 is 0.828 bits per heavy atom. The molecule has 7 rings (SSSR count). The van der Waals surface area contributed by atoms with Crippen molar-refractivity contribution in [3.8, 4) is 34.3 Å². The molecule has 3 fully saturated rings. The Balaban J connectivity index is 0.0000155. The van der Waals surface area contributed by atoms with Crippen LogP contribution < -0.4 is 70.9 Å². The first-order valence-corrected chi connectivity index (χ1v) is 33.7. The van der Waals surface area contributed by atoms with Crippen molar-refractivity contribution >= 4 is 69.6 Å². The number of aromatic hydroxyl groups is 1. The Morgan fingerprint density at radius 3 is 2.18 bits per heavy atom. The number of fused-ring (bicyclic) bond motifs is 2. The number of aliphatic hydroxyl groups is 6. The SMILES string of the molecule is C=CCOC(=O)NCC[C@@H](O)[C@@H]1NC(=O)[C@H]([C@H](O)Cc2ccc(O)c(OSOO[O-])c2)NC(=O)[C@@H]2C[C@H](O)CN2C(=O)[C@H]([C@H](C)O)NC(=O)[C@@H](NC(=O)c2ccc(-c3noc(-c4ccc(S(=O)(=O)CCCCCCCOC)cc4)n3)cc2)C[C@H](O)CNC(=O)[C@@H]2[C@@H](O)[C@H](C)CN2C1=O.[Na+]. The molecule has 3 aliphatic heterocycles. The molecule has 3 aromatic carbocycles. The molecule has 0 bridgehead atoms. The number of carbonyl (C=O) groups excluding carboxylic acids is 8. The number of methoxy groups -OCH3 is 1. The maximum atomic E-state index is 15.0. The minimum Gasteiger partial charge on any atom is -0.691 e. The summed E-state index contributed by atoms with van der Waals surface area (Å²) in [5, 5.41) is 112. The van der Waals surface area contributed by atoms with Crippen LogP contribution >= 0.6 is 12.3 Å². The van der Waals surface area contributed by atoms with Crippen LogP contribution in [0.5, 0.6) is 11.5 Å². The second-order valence-electron chi connectivity index (χ2n) is 23.8. The minimum absolute atomic E-state index is 0. The minimum atomic E-state index is -3.57. The Kier molecular flexibility index (Phi) is 31.3. The molecule has 8 amide bonds. The zero-order chi connectivity index (χ0) is 71.4. The molecule has 13 N–H and O–H groups in total. The van der Waals surface area contributed by atoms with E-state index >= 15 is 0 Å². The number of aromatic nitrogens is 2. The fraction of sp³-hybridized carbons (Fsp3) is 0.516. The number of nitrogens with zero attached hydrogens (tertiary/aromatic N) is 4. The van der Waals surface area contributed by atoms with Crippen LogP contribution in [0.4, 0.5) is 4.79 Å². The summed E-state index contributed by atoms with van der Waals surface area (Å²) in [7, 11) is -1.94. The average molecular weight is 1440 g/mol. The third-order valence-corrected chi connectivity index (χ3v) is 18.7. The van der Waals surface area contributed by atoms with Gasteiger partial charge in [0.25, 0.3) is 24.1 Å². The van der Waals surface area contributed by atoms with Gasteiger partial charge in [0.05, 0.1) is 47.3 Å². The van der Waals surface area contributed by atoms with Crippen molar-refractivity contribution in [2.24, 2.45) is 5.92 Å². The third kappa shape index (κ3) is 22.3. The van der Waals surface area contributed by atoms with Gasteiger partial charge in [-0.2, -0.15) is 4.98 Å². The van der Waals surface area contributed by atoms with Gasteiger partial charge in [0.2, 0.25) is 41.3 Å². The zero-order valence-corrected chi connectivity index (χ0v) is 58.3. The van der Waals surface area contributed by atoms with E-state index in [1.807, 2.05) is 0 Å². The number of amides is 8. The molecular weight excluding hydrogens is 1360 g/mol. The first-order valence-electron chi connectivity index (χ1n) is 31.3. The third-order valence-electron chi connectivity index (χ3n) is 16.5. The summed E-state index contributed by atoms with van der Waals surface area (Å²) in [6.07, 6.45) is -8.95. The van der Waals surface area contributed by atoms with Crippen LogP contribution in [-0.2, 0) is 63.9 Å². The number of rotatable bonds is 27. The summed E-state index contributed by atoms with van der Waals surface area (Å²) in [5.41, 5.74) is 0.731. The first-order chi connectivity index (χ1) is 46.7. The predicted molar refractivity (Wildman–Crippen MR) is 340 cm³/mol. The number of ether oxygens (including phenoxy) is 2. The number of alkyl carbamates (subject to hydrolysis) is 1. The second kappa shape index (κ2) is 38.4. The fourth-order valence-electron chi connectivity index (χ4n) is 11.2. The molecule has 0 saturated carbocycles. The monoisotopic (exact) mass is 1440 g/mol. The fourth-order valence-corrected chi connectivity index (χ4v) is 12.9. The zero-order valence-electron chi connectivity index (χ0n) is 54.6. The standard InChI is InChI=1S/C62H82N10O24S2.Na/c1-5-23-92-62(87)63-22-21-45(77)50-61(86)72-31-33(2)52(79)51(72)58(84)64-30-39(74)28-42(65-54(80)37-14-12-36(13-15-37)53-69-59(93-70-53)38-16-18-41(19-17-38)98(89,90)25-10-8-6-7-9-24-91-4)55(81)66-48(34(3)73)60(85)71-32-40(75)29-43(71)56(82)67-49(57(83)68-50)46(78)26-35-11-20-44(76)47(27-35)94-97-96-95-88;/h5,11-20,27,33-34,39-40,42-43,45-46,48-52,73-79,88H,1,6-10,21-26,28-32H2,2-4H3,(H,63,87)(H,64,84)(H,65,80)(H,66,81)(H,67,82)(H,68,83);/q;+1/p-1/t33-,34+,39+,40+,42+,43+,45-,46-,48+,49+,50+,51+,52+;/m1./s1. The number of hydrogen-bond donors (Lipinski definition) is 13. The van der Waals surface area contributed by atoms with Crippen molar-refractivity contribution in [3.63, 3.8) is 0 Å². The van der Waals surface area contributed by atoms with E-state index in [-0.39, 0.29) is 87.7 Å². The van der Waals surface area contributed by atoms with Gasteiger partial charge in [-0.1, -0.05) is 62.2 Å². The summed E-state index contributed by atoms with van der Waals surface area (Å²) in [6.45, 7) is 4.26. The molecule has 3 aliphatic rings. The number of unbranched alkanes of at least 4 members (excludes halogenated alkanes) is 4. The van der Waals surface area contributed by atoms with Crippen molar-refractivity contribution in [2.75, 3.05) is 52.3 Å². The molecule has 4 aromatic rings. The number of aliphatic hydroxyl groups excluding tert-OH is 6. The van der Waals surface area contributed by atoms with Crippen molar-refractivity contribution in [3.05, 3.63) is 90.5 Å². The number of β-amino-alcohol motifs (C(OH)–C–C–N with tert-alkyl or cyclic N) is 1. The normalized spacial score (nSPS) is 23.7. The molecule has 0 radical (unpaired) electrons. The largest absolute Gasteiger partial charge is 1.00 e. The van der Waals surface area contributed by atoms with Crippen LogP contribution in [0.2, 0.25) is 0 Å². The molecule has 37 heteroatoms. The Morgan fingerprint density at radius 2 is 1.49 bits per heavy atom. The van der Waals surface area contributed by atoms with E-state index in [0.717, 1.165) is 54.5 Å². The second-order valence-corrected chi connectivity index (χ2v) is 26.3. The molecule has 0 aliphatic carbocycles. The van der Waals surface area contributed by atoms with Crippen molar-refractivity contribution < 1.29 is 145 Å². The first kappa shape index (κ1) is 80.6. The van der Waals surface area contributed by atoms with Crippen LogP contribution in [-0.4, -0.2) is 237 Å². The van der Waals surface area contributed by atoms with E-state index in [4.69, 9.17) is 18.2 Å². The topological polar surface area (TPSA) is 499 Å². The maximum Gasteiger partial charge on any atom is 1.00 e. The average Bonchev–Trinajstić information content (AvgIpc) is 1.69. The van der Waals surface area contributed by atoms with E-state index < -0.39 is 194 Å². The van der Waals surface area contributed by atoms with Gasteiger partial charge in [-0.05, 0) is 80.3 Å². The van der Waals surface area contributed by atoms with Crippen molar-refractivity contribution in [2.45, 2.75) is 149 Å². The van der Waals surface area contributed by atoms with Crippen molar-refractivity contribution in [1.29, 1.82) is 0 Å². The Labute approximate surface area is 595 Å². The van der Waals surface area contributed by atoms with E-state index in [2.05, 4.69) is 58.0 Å². The Hall–Kier alpha value is -7.40. The molecular formula is C62H81N10NaO24S2. The van der Waals surface area contributed by atoms with Crippen LogP contribution in [0, 0.1) is 5.92 Å². The molecule has 99 heavy (non-hydrogen) atoms. The van der Waals surface area contributed by atoms with Gasteiger partial charge in [0, 0.05) is 81.8 Å². The molecule has 0 spiro atoms. The quantitative estimate of drug-likeness (QED) is 0.00663. The molecule has 3 saturated heterocycles. The van der Waals surface area contributed by atoms with Gasteiger partial charge in [-0.3, -0.25) is 38.6 Å². The van der Waals surface area contributed by atoms with Gasteiger partial charge in [0.15, 0.2) is 21.3 Å². The Bertz CT molecular complexity index is 3520. The number of phenolic OH excluding ortho intramolecular Hbond substituents is 1. The summed E-state index contributed by atoms with van der Waals surface area (Å²) < 4.78 is 50.8. The van der Waals surface area contributed by atoms with Gasteiger partial charge in [0.1, 0.15) is 42.9 Å². The summed E-state index contributed by atoms with van der Waals surface area (Å²) >= 11 is -0.0112.